The summed E-state index contributed by atoms with van der Waals surface area (Å²) in [5, 5.41) is 0. The Morgan fingerprint density at radius 3 is 2.72 bits per heavy atom. The maximum absolute atomic E-state index is 13.0. The van der Waals surface area contributed by atoms with Crippen LogP contribution in [0.15, 0.2) is 24.7 Å². The van der Waals surface area contributed by atoms with Crippen LogP contribution in [0.1, 0.15) is 64.1 Å². The van der Waals surface area contributed by atoms with Crippen molar-refractivity contribution in [2.75, 3.05) is 16.8 Å². The summed E-state index contributed by atoms with van der Waals surface area (Å²) >= 11 is 0. The van der Waals surface area contributed by atoms with Crippen LogP contribution in [0.4, 0.5) is 11.5 Å². The summed E-state index contributed by atoms with van der Waals surface area (Å²) < 4.78 is 1.99. The summed E-state index contributed by atoms with van der Waals surface area (Å²) in [4.78, 5) is 31.3. The van der Waals surface area contributed by atoms with E-state index in [0.717, 1.165) is 49.4 Å². The Morgan fingerprint density at radius 1 is 1.17 bits per heavy atom. The summed E-state index contributed by atoms with van der Waals surface area (Å²) in [6.07, 6.45) is 16.6. The number of aromatic nitrogens is 4. The highest BCUT2D eigenvalue weighted by atomic mass is 16.2. The van der Waals surface area contributed by atoms with Gasteiger partial charge in [0.05, 0.1) is 6.20 Å². The molecule has 1 saturated carbocycles. The summed E-state index contributed by atoms with van der Waals surface area (Å²) in [5.74, 6) is 2.59. The molecule has 2 aliphatic carbocycles. The Balaban J connectivity index is 1.62. The topological polar surface area (TPSA) is 67.2 Å². The molecule has 0 bridgehead atoms. The molecule has 1 unspecified atom stereocenters. The molecule has 0 N–H and O–H groups in total. The minimum atomic E-state index is -0.154. The highest BCUT2D eigenvalue weighted by Gasteiger charge is 2.41. The number of likely N-dealkylation sites (N-methyl/N-ethyl adjacent to an activating group) is 1. The second-order valence-corrected chi connectivity index (χ2v) is 8.29. The van der Waals surface area contributed by atoms with Crippen LogP contribution < -0.4 is 9.80 Å². The Morgan fingerprint density at radius 2 is 2.00 bits per heavy atom. The van der Waals surface area contributed by atoms with E-state index >= 15 is 0 Å². The predicted molar refractivity (Wildman–Crippen MR) is 113 cm³/mol. The number of hydrogen-bond acceptors (Lipinski definition) is 5. The van der Waals surface area contributed by atoms with E-state index < -0.39 is 0 Å². The number of nitrogens with zero attached hydrogens (tertiary/aromatic N) is 6. The van der Waals surface area contributed by atoms with Crippen molar-refractivity contribution >= 4 is 23.0 Å². The van der Waals surface area contributed by atoms with Gasteiger partial charge in [0.1, 0.15) is 17.6 Å². The first kappa shape index (κ1) is 18.3. The van der Waals surface area contributed by atoms with Gasteiger partial charge in [-0.05, 0) is 44.1 Å². The SMILES string of the molecule is CCC1C(=O)N(C)c2cnc(-n3ccnc3C3=CCCC3)nc2N1C1CCCC1. The Bertz CT molecular complexity index is 958. The van der Waals surface area contributed by atoms with Gasteiger partial charge in [-0.3, -0.25) is 9.36 Å². The Labute approximate surface area is 171 Å². The van der Waals surface area contributed by atoms with Crippen molar-refractivity contribution < 1.29 is 4.79 Å². The lowest BCUT2D eigenvalue weighted by Gasteiger charge is -2.43. The normalized spacial score (nSPS) is 22.3. The number of rotatable bonds is 4. The standard InChI is InChI=1S/C22H28N6O/c1-3-17-21(29)26(2)18-14-24-22(25-20(18)28(17)16-10-6-7-11-16)27-13-12-23-19(27)15-8-4-5-9-15/h8,12-14,16-17H,3-7,9-11H2,1-2H3. The van der Waals surface area contributed by atoms with Gasteiger partial charge in [0.15, 0.2) is 5.82 Å². The van der Waals surface area contributed by atoms with E-state index in [1.165, 1.54) is 24.8 Å². The molecule has 152 valence electrons. The predicted octanol–water partition coefficient (Wildman–Crippen LogP) is 3.73. The van der Waals surface area contributed by atoms with Gasteiger partial charge in [0, 0.05) is 25.5 Å². The van der Waals surface area contributed by atoms with Crippen molar-refractivity contribution in [2.24, 2.45) is 0 Å². The number of fused-ring (bicyclic) bond motifs is 1. The van der Waals surface area contributed by atoms with Gasteiger partial charge in [-0.1, -0.05) is 25.8 Å². The van der Waals surface area contributed by atoms with Crippen molar-refractivity contribution in [3.05, 3.63) is 30.5 Å². The molecule has 0 spiro atoms. The molecule has 0 aromatic carbocycles. The van der Waals surface area contributed by atoms with Crippen molar-refractivity contribution in [3.63, 3.8) is 0 Å². The fraction of sp³-hybridized carbons (Fsp3) is 0.545. The van der Waals surface area contributed by atoms with E-state index in [2.05, 4.69) is 27.9 Å². The Kier molecular flexibility index (Phi) is 4.60. The molecule has 0 saturated heterocycles. The largest absolute Gasteiger partial charge is 0.340 e. The smallest absolute Gasteiger partial charge is 0.249 e. The number of carbonyl (C=O) groups is 1. The van der Waals surface area contributed by atoms with E-state index in [1.54, 1.807) is 11.1 Å². The van der Waals surface area contributed by atoms with Gasteiger partial charge >= 0.3 is 0 Å². The molecule has 0 radical (unpaired) electrons. The highest BCUT2D eigenvalue weighted by Crippen LogP contribution is 2.40. The van der Waals surface area contributed by atoms with Crippen LogP contribution in [-0.4, -0.2) is 44.6 Å². The number of anilines is 2. The van der Waals surface area contributed by atoms with Crippen LogP contribution >= 0.6 is 0 Å². The highest BCUT2D eigenvalue weighted by molar-refractivity contribution is 6.04. The van der Waals surface area contributed by atoms with E-state index in [4.69, 9.17) is 4.98 Å². The zero-order valence-corrected chi connectivity index (χ0v) is 17.2. The Hall–Kier alpha value is -2.70. The molecule has 1 fully saturated rings. The third kappa shape index (κ3) is 2.94. The van der Waals surface area contributed by atoms with Crippen LogP contribution in [0.25, 0.3) is 11.5 Å². The number of allylic oxidation sites excluding steroid dienone is 2. The second-order valence-electron chi connectivity index (χ2n) is 8.29. The number of carbonyl (C=O) groups excluding carboxylic acids is 1. The summed E-state index contributed by atoms with van der Waals surface area (Å²) in [7, 11) is 1.84. The lowest BCUT2D eigenvalue weighted by molar-refractivity contribution is -0.120. The number of imidazole rings is 1. The number of amides is 1. The van der Waals surface area contributed by atoms with Crippen LogP contribution in [0, 0.1) is 0 Å². The van der Waals surface area contributed by atoms with Gasteiger partial charge in [-0.15, -0.1) is 0 Å². The maximum atomic E-state index is 13.0. The third-order valence-electron chi connectivity index (χ3n) is 6.58. The summed E-state index contributed by atoms with van der Waals surface area (Å²) in [6.45, 7) is 2.09. The molecule has 7 heteroatoms. The minimum Gasteiger partial charge on any atom is -0.340 e. The molecular weight excluding hydrogens is 364 g/mol. The van der Waals surface area contributed by atoms with Crippen molar-refractivity contribution in [2.45, 2.75) is 70.4 Å². The zero-order chi connectivity index (χ0) is 20.0. The van der Waals surface area contributed by atoms with Crippen LogP contribution in [0.2, 0.25) is 0 Å². The summed E-state index contributed by atoms with van der Waals surface area (Å²) in [5.41, 5.74) is 2.07. The molecule has 1 aliphatic heterocycles. The average molecular weight is 393 g/mol. The number of hydrogen-bond donors (Lipinski definition) is 0. The first-order valence-corrected chi connectivity index (χ1v) is 10.8. The van der Waals surface area contributed by atoms with Gasteiger partial charge in [-0.25, -0.2) is 9.97 Å². The van der Waals surface area contributed by atoms with E-state index in [-0.39, 0.29) is 11.9 Å². The lowest BCUT2D eigenvalue weighted by Crippen LogP contribution is -2.55. The fourth-order valence-corrected chi connectivity index (χ4v) is 5.07. The van der Waals surface area contributed by atoms with Crippen molar-refractivity contribution in [3.8, 4) is 5.95 Å². The van der Waals surface area contributed by atoms with Crippen LogP contribution in [0.5, 0.6) is 0 Å². The average Bonchev–Trinajstić information content (AvgIpc) is 3.51. The van der Waals surface area contributed by atoms with Crippen LogP contribution in [0.3, 0.4) is 0 Å². The molecular formula is C22H28N6O. The van der Waals surface area contributed by atoms with Gasteiger partial charge in [0.2, 0.25) is 11.9 Å². The zero-order valence-electron chi connectivity index (χ0n) is 17.2. The van der Waals surface area contributed by atoms with E-state index in [1.807, 2.05) is 24.0 Å². The van der Waals surface area contributed by atoms with Crippen LogP contribution in [-0.2, 0) is 4.79 Å². The maximum Gasteiger partial charge on any atom is 0.249 e. The lowest BCUT2D eigenvalue weighted by atomic mass is 10.0. The summed E-state index contributed by atoms with van der Waals surface area (Å²) in [6, 6.07) is 0.219. The van der Waals surface area contributed by atoms with Crippen molar-refractivity contribution in [1.29, 1.82) is 0 Å². The fourth-order valence-electron chi connectivity index (χ4n) is 5.07. The van der Waals surface area contributed by atoms with E-state index in [9.17, 15) is 4.79 Å². The molecule has 3 aliphatic rings. The molecule has 3 heterocycles. The van der Waals surface area contributed by atoms with Gasteiger partial charge < -0.3 is 9.80 Å². The molecule has 2 aromatic heterocycles. The quantitative estimate of drug-likeness (QED) is 0.793. The molecule has 7 nitrogen and oxygen atoms in total. The molecule has 5 rings (SSSR count). The molecule has 1 atom stereocenters. The van der Waals surface area contributed by atoms with Gasteiger partial charge in [0.25, 0.3) is 0 Å². The third-order valence-corrected chi connectivity index (χ3v) is 6.58. The molecule has 2 aromatic rings. The first-order chi connectivity index (χ1) is 14.2. The van der Waals surface area contributed by atoms with Gasteiger partial charge in [-0.2, -0.15) is 4.98 Å². The second kappa shape index (κ2) is 7.28. The van der Waals surface area contributed by atoms with E-state index in [0.29, 0.717) is 12.0 Å². The molecule has 29 heavy (non-hydrogen) atoms. The van der Waals surface area contributed by atoms with Crippen molar-refractivity contribution in [1.82, 2.24) is 19.5 Å². The molecule has 1 amide bonds. The minimum absolute atomic E-state index is 0.141. The monoisotopic (exact) mass is 392 g/mol. The first-order valence-electron chi connectivity index (χ1n) is 10.8.